The van der Waals surface area contributed by atoms with E-state index in [1.54, 1.807) is 0 Å². The van der Waals surface area contributed by atoms with Crippen LogP contribution in [0, 0.1) is 0 Å². The van der Waals surface area contributed by atoms with Gasteiger partial charge >= 0.3 is 5.97 Å². The van der Waals surface area contributed by atoms with Gasteiger partial charge in [0.15, 0.2) is 0 Å². The van der Waals surface area contributed by atoms with E-state index in [4.69, 9.17) is 0 Å². The van der Waals surface area contributed by atoms with Crippen molar-refractivity contribution in [3.63, 3.8) is 0 Å². The predicted molar refractivity (Wildman–Crippen MR) is 42.6 cm³/mol. The number of carbonyl (C=O) groups excluding carboxylic acids is 1. The molecule has 0 N–H and O–H groups in total. The molecule has 4 heteroatoms. The monoisotopic (exact) mass is 186 g/mol. The third-order valence-electron chi connectivity index (χ3n) is 1.50. The zero-order valence-electron chi connectivity index (χ0n) is 6.80. The molecule has 0 aliphatic carbocycles. The van der Waals surface area contributed by atoms with Gasteiger partial charge in [-0.25, -0.2) is 13.6 Å². The van der Waals surface area contributed by atoms with E-state index in [1.165, 1.54) is 24.3 Å². The van der Waals surface area contributed by atoms with Crippen molar-refractivity contribution in [2.75, 3.05) is 6.86 Å². The molecule has 1 aromatic rings. The van der Waals surface area contributed by atoms with Gasteiger partial charge in [-0.3, -0.25) is 0 Å². The lowest BCUT2D eigenvalue weighted by Crippen LogP contribution is -2.04. The first-order chi connectivity index (χ1) is 6.27. The molecule has 0 aliphatic heterocycles. The molecular weight excluding hydrogens is 178 g/mol. The lowest BCUT2D eigenvalue weighted by molar-refractivity contribution is 0.0324. The van der Waals surface area contributed by atoms with Crippen LogP contribution in [0.3, 0.4) is 0 Å². The molecule has 0 heterocycles. The highest BCUT2D eigenvalue weighted by Crippen LogP contribution is 2.07. The maximum atomic E-state index is 12.1. The van der Waals surface area contributed by atoms with Crippen molar-refractivity contribution in [3.8, 4) is 0 Å². The Morgan fingerprint density at radius 2 is 2.15 bits per heavy atom. The van der Waals surface area contributed by atoms with E-state index in [2.05, 4.69) is 4.74 Å². The second-order valence-corrected chi connectivity index (χ2v) is 2.37. The minimum atomic E-state index is -1.17. The molecule has 0 atom stereocenters. The first-order valence-electron chi connectivity index (χ1n) is 3.66. The fourth-order valence-electron chi connectivity index (χ4n) is 0.914. The van der Waals surface area contributed by atoms with Gasteiger partial charge in [0.05, 0.1) is 5.56 Å². The van der Waals surface area contributed by atoms with E-state index in [-0.39, 0.29) is 5.56 Å². The molecule has 0 bridgehead atoms. The molecule has 0 aliphatic rings. The van der Waals surface area contributed by atoms with E-state index in [1.807, 2.05) is 0 Å². The molecule has 0 amide bonds. The van der Waals surface area contributed by atoms with Crippen molar-refractivity contribution in [3.05, 3.63) is 35.4 Å². The van der Waals surface area contributed by atoms with Gasteiger partial charge in [-0.05, 0) is 17.7 Å². The first-order valence-corrected chi connectivity index (χ1v) is 3.66. The molecule has 0 unspecified atom stereocenters. The Kier molecular flexibility index (Phi) is 3.37. The molecule has 70 valence electrons. The molecule has 0 saturated carbocycles. The Bertz CT molecular complexity index is 299. The lowest BCUT2D eigenvalue weighted by atomic mass is 10.1. The molecule has 0 radical (unpaired) electrons. The highest BCUT2D eigenvalue weighted by molar-refractivity contribution is 5.89. The molecule has 1 rings (SSSR count). The van der Waals surface area contributed by atoms with Gasteiger partial charge in [0.2, 0.25) is 6.86 Å². The van der Waals surface area contributed by atoms with Crippen LogP contribution < -0.4 is 0 Å². The maximum absolute atomic E-state index is 12.1. The SMILES string of the molecule is O=C(OCF)c1cccc(CF)c1. The third kappa shape index (κ3) is 2.50. The Balaban J connectivity index is 2.82. The van der Waals surface area contributed by atoms with Crippen LogP contribution in [0.15, 0.2) is 24.3 Å². The largest absolute Gasteiger partial charge is 0.430 e. The number of carbonyl (C=O) groups is 1. The summed E-state index contributed by atoms with van der Waals surface area (Å²) in [6, 6.07) is 5.82. The minimum Gasteiger partial charge on any atom is -0.430 e. The Morgan fingerprint density at radius 1 is 1.38 bits per heavy atom. The van der Waals surface area contributed by atoms with Crippen molar-refractivity contribution in [1.29, 1.82) is 0 Å². The lowest BCUT2D eigenvalue weighted by Gasteiger charge is -2.00. The highest BCUT2D eigenvalue weighted by atomic mass is 19.1. The van der Waals surface area contributed by atoms with Gasteiger partial charge < -0.3 is 4.74 Å². The summed E-state index contributed by atoms with van der Waals surface area (Å²) in [5, 5.41) is 0. The summed E-state index contributed by atoms with van der Waals surface area (Å²) >= 11 is 0. The van der Waals surface area contributed by atoms with Crippen LogP contribution in [0.5, 0.6) is 0 Å². The number of halogens is 2. The summed E-state index contributed by atoms with van der Waals surface area (Å²) in [6.45, 7) is -1.82. The normalized spacial score (nSPS) is 9.69. The second kappa shape index (κ2) is 4.54. The van der Waals surface area contributed by atoms with Crippen LogP contribution in [0.4, 0.5) is 8.78 Å². The van der Waals surface area contributed by atoms with Crippen molar-refractivity contribution >= 4 is 5.97 Å². The predicted octanol–water partition coefficient (Wildman–Crippen LogP) is 2.24. The second-order valence-electron chi connectivity index (χ2n) is 2.37. The van der Waals surface area contributed by atoms with Gasteiger partial charge in [-0.2, -0.15) is 0 Å². The molecule has 1 aromatic carbocycles. The molecular formula is C9H8F2O2. The molecule has 0 spiro atoms. The number of benzene rings is 1. The highest BCUT2D eigenvalue weighted by Gasteiger charge is 2.06. The van der Waals surface area contributed by atoms with E-state index >= 15 is 0 Å². The number of hydrogen-bond donors (Lipinski definition) is 0. The van der Waals surface area contributed by atoms with Gasteiger partial charge in [0.25, 0.3) is 0 Å². The van der Waals surface area contributed by atoms with E-state index < -0.39 is 19.5 Å². The summed E-state index contributed by atoms with van der Waals surface area (Å²) in [5.74, 6) is -0.780. The standard InChI is InChI=1S/C9H8F2O2/c10-5-7-2-1-3-8(4-7)9(12)13-6-11/h1-4H,5-6H2. The zero-order chi connectivity index (χ0) is 9.68. The average Bonchev–Trinajstić information content (AvgIpc) is 2.18. The van der Waals surface area contributed by atoms with Crippen LogP contribution in [0.25, 0.3) is 0 Å². The first kappa shape index (κ1) is 9.64. The summed E-state index contributed by atoms with van der Waals surface area (Å²) in [5.41, 5.74) is 0.529. The fraction of sp³-hybridized carbons (Fsp3) is 0.222. The molecule has 0 fully saturated rings. The Labute approximate surface area is 74.1 Å². The van der Waals surface area contributed by atoms with Crippen molar-refractivity contribution in [2.45, 2.75) is 6.67 Å². The number of alkyl halides is 2. The molecule has 0 saturated heterocycles. The number of ether oxygens (including phenoxy) is 1. The number of rotatable bonds is 3. The summed E-state index contributed by atoms with van der Waals surface area (Å²) in [6.07, 6.45) is 0. The molecule has 2 nitrogen and oxygen atoms in total. The Hall–Kier alpha value is -1.45. The molecule has 0 aromatic heterocycles. The van der Waals surface area contributed by atoms with Crippen LogP contribution in [-0.4, -0.2) is 12.8 Å². The quantitative estimate of drug-likeness (QED) is 0.676. The van der Waals surface area contributed by atoms with Crippen molar-refractivity contribution < 1.29 is 18.3 Å². The van der Waals surface area contributed by atoms with Gasteiger partial charge in [0, 0.05) is 0 Å². The van der Waals surface area contributed by atoms with E-state index in [9.17, 15) is 13.6 Å². The third-order valence-corrected chi connectivity index (χ3v) is 1.50. The van der Waals surface area contributed by atoms with E-state index in [0.29, 0.717) is 5.56 Å². The van der Waals surface area contributed by atoms with E-state index in [0.717, 1.165) is 0 Å². The topological polar surface area (TPSA) is 26.3 Å². The number of hydrogen-bond acceptors (Lipinski definition) is 2. The summed E-state index contributed by atoms with van der Waals surface area (Å²) in [4.78, 5) is 10.9. The van der Waals surface area contributed by atoms with Crippen LogP contribution in [0.1, 0.15) is 15.9 Å². The van der Waals surface area contributed by atoms with Gasteiger partial charge in [-0.15, -0.1) is 0 Å². The van der Waals surface area contributed by atoms with Crippen molar-refractivity contribution in [2.24, 2.45) is 0 Å². The van der Waals surface area contributed by atoms with Crippen molar-refractivity contribution in [1.82, 2.24) is 0 Å². The Morgan fingerprint density at radius 3 is 2.77 bits per heavy atom. The van der Waals surface area contributed by atoms with Gasteiger partial charge in [-0.1, -0.05) is 12.1 Å². The average molecular weight is 186 g/mol. The maximum Gasteiger partial charge on any atom is 0.340 e. The summed E-state index contributed by atoms with van der Waals surface area (Å²) < 4.78 is 27.8. The number of esters is 1. The zero-order valence-corrected chi connectivity index (χ0v) is 6.80. The van der Waals surface area contributed by atoms with Crippen LogP contribution in [-0.2, 0) is 11.4 Å². The van der Waals surface area contributed by atoms with Crippen LogP contribution >= 0.6 is 0 Å². The van der Waals surface area contributed by atoms with Crippen LogP contribution in [0.2, 0.25) is 0 Å². The smallest absolute Gasteiger partial charge is 0.340 e. The fourth-order valence-corrected chi connectivity index (χ4v) is 0.914. The summed E-state index contributed by atoms with van der Waals surface area (Å²) in [7, 11) is 0. The van der Waals surface area contributed by atoms with Gasteiger partial charge in [0.1, 0.15) is 6.67 Å². The minimum absolute atomic E-state index is 0.160. The molecule has 13 heavy (non-hydrogen) atoms.